The van der Waals surface area contributed by atoms with Crippen LogP contribution >= 0.6 is 0 Å². The zero-order valence-corrected chi connectivity index (χ0v) is 13.2. The Morgan fingerprint density at radius 2 is 1.86 bits per heavy atom. The van der Waals surface area contributed by atoms with Crippen molar-refractivity contribution >= 4 is 10.0 Å². The first-order valence-corrected chi connectivity index (χ1v) is 9.00. The molecule has 1 aliphatic rings. The lowest BCUT2D eigenvalue weighted by Gasteiger charge is -2.28. The topological polar surface area (TPSA) is 49.4 Å². The molecule has 1 heterocycles. The van der Waals surface area contributed by atoms with Crippen LogP contribution in [0.25, 0.3) is 0 Å². The number of halogens is 1. The van der Waals surface area contributed by atoms with Gasteiger partial charge >= 0.3 is 0 Å². The lowest BCUT2D eigenvalue weighted by molar-refractivity contribution is 0.213. The van der Waals surface area contributed by atoms with Crippen molar-refractivity contribution in [1.82, 2.24) is 9.62 Å². The molecule has 0 bridgehead atoms. The summed E-state index contributed by atoms with van der Waals surface area (Å²) in [6, 6.07) is 5.57. The molecule has 1 N–H and O–H groups in total. The van der Waals surface area contributed by atoms with E-state index in [9.17, 15) is 12.8 Å². The van der Waals surface area contributed by atoms with E-state index in [0.717, 1.165) is 32.4 Å². The number of likely N-dealkylation sites (tertiary alicyclic amines) is 1. The molecule has 0 saturated carbocycles. The maximum atomic E-state index is 12.8. The highest BCUT2D eigenvalue weighted by Crippen LogP contribution is 2.18. The fourth-order valence-electron chi connectivity index (χ4n) is 2.62. The summed E-state index contributed by atoms with van der Waals surface area (Å²) in [5, 5.41) is 0. The van der Waals surface area contributed by atoms with Gasteiger partial charge in [-0.25, -0.2) is 17.5 Å². The van der Waals surface area contributed by atoms with Gasteiger partial charge in [0.25, 0.3) is 0 Å². The summed E-state index contributed by atoms with van der Waals surface area (Å²) in [6.45, 7) is 2.66. The number of hydrogen-bond acceptors (Lipinski definition) is 3. The molecule has 21 heavy (non-hydrogen) atoms. The van der Waals surface area contributed by atoms with Gasteiger partial charge in [0.05, 0.1) is 5.75 Å². The summed E-state index contributed by atoms with van der Waals surface area (Å²) in [4.78, 5) is 2.30. The molecule has 0 aromatic heterocycles. The molecule has 4 nitrogen and oxygen atoms in total. The Morgan fingerprint density at radius 1 is 1.24 bits per heavy atom. The first-order chi connectivity index (χ1) is 9.94. The van der Waals surface area contributed by atoms with Gasteiger partial charge in [0.15, 0.2) is 0 Å². The van der Waals surface area contributed by atoms with Gasteiger partial charge in [0.1, 0.15) is 5.82 Å². The quantitative estimate of drug-likeness (QED) is 0.873. The van der Waals surface area contributed by atoms with Crippen LogP contribution in [-0.2, 0) is 15.8 Å². The Bertz CT molecular complexity index is 537. The summed E-state index contributed by atoms with van der Waals surface area (Å²) in [7, 11) is -1.23. The summed E-state index contributed by atoms with van der Waals surface area (Å²) in [6.07, 6.45) is 3.16. The van der Waals surface area contributed by atoms with Crippen molar-refractivity contribution in [2.75, 3.05) is 26.7 Å². The van der Waals surface area contributed by atoms with Gasteiger partial charge in [-0.15, -0.1) is 0 Å². The molecule has 6 heteroatoms. The Hall–Kier alpha value is -0.980. The van der Waals surface area contributed by atoms with Crippen molar-refractivity contribution in [1.29, 1.82) is 0 Å². The van der Waals surface area contributed by atoms with Crippen molar-refractivity contribution in [2.45, 2.75) is 25.0 Å². The molecular weight excluding hydrogens is 291 g/mol. The molecule has 1 saturated heterocycles. The monoisotopic (exact) mass is 314 g/mol. The van der Waals surface area contributed by atoms with Crippen LogP contribution < -0.4 is 4.72 Å². The second kappa shape index (κ2) is 7.33. The molecule has 0 amide bonds. The number of sulfonamides is 1. The average molecular weight is 314 g/mol. The molecule has 0 aliphatic carbocycles. The minimum absolute atomic E-state index is 0.0965. The molecule has 1 aromatic rings. The van der Waals surface area contributed by atoms with Gasteiger partial charge in [-0.1, -0.05) is 12.1 Å². The highest BCUT2D eigenvalue weighted by atomic mass is 32.2. The Labute approximate surface area is 126 Å². The van der Waals surface area contributed by atoms with Crippen molar-refractivity contribution in [3.05, 3.63) is 35.6 Å². The predicted molar refractivity (Wildman–Crippen MR) is 81.9 cm³/mol. The average Bonchev–Trinajstić information content (AvgIpc) is 2.43. The van der Waals surface area contributed by atoms with E-state index in [0.29, 0.717) is 18.0 Å². The van der Waals surface area contributed by atoms with E-state index in [4.69, 9.17) is 0 Å². The molecule has 0 atom stereocenters. The summed E-state index contributed by atoms with van der Waals surface area (Å²) < 4.78 is 39.4. The van der Waals surface area contributed by atoms with Gasteiger partial charge in [-0.3, -0.25) is 0 Å². The Kier molecular flexibility index (Phi) is 5.72. The fourth-order valence-corrected chi connectivity index (χ4v) is 3.78. The van der Waals surface area contributed by atoms with Gasteiger partial charge in [-0.2, -0.15) is 0 Å². The molecule has 0 unspecified atom stereocenters. The Balaban J connectivity index is 1.75. The highest BCUT2D eigenvalue weighted by molar-refractivity contribution is 7.88. The summed E-state index contributed by atoms with van der Waals surface area (Å²) >= 11 is 0. The van der Waals surface area contributed by atoms with Crippen molar-refractivity contribution in [3.8, 4) is 0 Å². The van der Waals surface area contributed by atoms with Crippen LogP contribution in [0.2, 0.25) is 0 Å². The van der Waals surface area contributed by atoms with E-state index in [1.807, 2.05) is 0 Å². The molecule has 0 radical (unpaired) electrons. The maximum Gasteiger partial charge on any atom is 0.215 e. The van der Waals surface area contributed by atoms with E-state index in [1.54, 1.807) is 0 Å². The largest absolute Gasteiger partial charge is 0.306 e. The second-order valence-electron chi connectivity index (χ2n) is 5.82. The smallest absolute Gasteiger partial charge is 0.215 e. The van der Waals surface area contributed by atoms with Crippen molar-refractivity contribution in [2.24, 2.45) is 5.92 Å². The highest BCUT2D eigenvalue weighted by Gasteiger charge is 2.17. The standard InChI is InChI=1S/C15H23FN2O2S/c1-18-10-7-13(8-11-18)6-9-17-21(19,20)12-14-2-4-15(16)5-3-14/h2-5,13,17H,6-12H2,1H3. The first-order valence-electron chi connectivity index (χ1n) is 7.35. The number of piperidine rings is 1. The molecule has 2 rings (SSSR count). The van der Waals surface area contributed by atoms with Gasteiger partial charge in [-0.05, 0) is 63.0 Å². The van der Waals surface area contributed by atoms with E-state index in [1.165, 1.54) is 24.3 Å². The normalized spacial score (nSPS) is 18.0. The number of nitrogens with one attached hydrogen (secondary N) is 1. The van der Waals surface area contributed by atoms with E-state index in [2.05, 4.69) is 16.7 Å². The molecular formula is C15H23FN2O2S. The fraction of sp³-hybridized carbons (Fsp3) is 0.600. The summed E-state index contributed by atoms with van der Waals surface area (Å²) in [5.41, 5.74) is 0.600. The molecule has 0 spiro atoms. The van der Waals surface area contributed by atoms with E-state index >= 15 is 0 Å². The second-order valence-corrected chi connectivity index (χ2v) is 7.62. The maximum absolute atomic E-state index is 12.8. The van der Waals surface area contributed by atoms with Gasteiger partial charge in [0.2, 0.25) is 10.0 Å². The van der Waals surface area contributed by atoms with Crippen LogP contribution in [0.5, 0.6) is 0 Å². The predicted octanol–water partition coefficient (Wildman–Crippen LogP) is 1.98. The zero-order valence-electron chi connectivity index (χ0n) is 12.4. The third-order valence-corrected chi connectivity index (χ3v) is 5.34. The zero-order chi connectivity index (χ0) is 15.3. The number of benzene rings is 1. The van der Waals surface area contributed by atoms with Crippen LogP contribution in [0.1, 0.15) is 24.8 Å². The number of rotatable bonds is 6. The molecule has 1 fully saturated rings. The number of hydrogen-bond donors (Lipinski definition) is 1. The molecule has 1 aromatic carbocycles. The Morgan fingerprint density at radius 3 is 2.48 bits per heavy atom. The van der Waals surface area contributed by atoms with Crippen LogP contribution in [0.3, 0.4) is 0 Å². The van der Waals surface area contributed by atoms with Crippen LogP contribution in [0, 0.1) is 11.7 Å². The molecule has 118 valence electrons. The minimum Gasteiger partial charge on any atom is -0.306 e. The first kappa shape index (κ1) is 16.4. The van der Waals surface area contributed by atoms with Crippen molar-refractivity contribution in [3.63, 3.8) is 0 Å². The van der Waals surface area contributed by atoms with Gasteiger partial charge < -0.3 is 4.90 Å². The van der Waals surface area contributed by atoms with E-state index in [-0.39, 0.29) is 11.6 Å². The summed E-state index contributed by atoms with van der Waals surface area (Å²) in [5.74, 6) is 0.154. The SMILES string of the molecule is CN1CCC(CCNS(=O)(=O)Cc2ccc(F)cc2)CC1. The lowest BCUT2D eigenvalue weighted by Crippen LogP contribution is -2.33. The lowest BCUT2D eigenvalue weighted by atomic mass is 9.94. The third-order valence-electron chi connectivity index (χ3n) is 3.98. The van der Waals surface area contributed by atoms with Gasteiger partial charge in [0, 0.05) is 6.54 Å². The van der Waals surface area contributed by atoms with Crippen LogP contribution in [0.15, 0.2) is 24.3 Å². The van der Waals surface area contributed by atoms with E-state index < -0.39 is 10.0 Å². The van der Waals surface area contributed by atoms with Crippen LogP contribution in [0.4, 0.5) is 4.39 Å². The third kappa shape index (κ3) is 5.73. The number of nitrogens with zero attached hydrogens (tertiary/aromatic N) is 1. The minimum atomic E-state index is -3.34. The van der Waals surface area contributed by atoms with Crippen molar-refractivity contribution < 1.29 is 12.8 Å². The molecule has 1 aliphatic heterocycles. The van der Waals surface area contributed by atoms with Crippen LogP contribution in [-0.4, -0.2) is 40.0 Å².